The van der Waals surface area contributed by atoms with Gasteiger partial charge in [0.1, 0.15) is 17.2 Å². The molecule has 0 aliphatic carbocycles. The number of methoxy groups -OCH3 is 1. The maximum atomic E-state index is 12.2. The summed E-state index contributed by atoms with van der Waals surface area (Å²) in [7, 11) is 1.58. The van der Waals surface area contributed by atoms with Crippen LogP contribution in [0.5, 0.6) is 17.2 Å². The average Bonchev–Trinajstić information content (AvgIpc) is 2.62. The Bertz CT molecular complexity index is 783. The van der Waals surface area contributed by atoms with Crippen molar-refractivity contribution in [2.24, 2.45) is 5.10 Å². The normalized spacial score (nSPS) is 11.1. The van der Waals surface area contributed by atoms with E-state index in [0.717, 1.165) is 11.3 Å². The predicted molar refractivity (Wildman–Crippen MR) is 106 cm³/mol. The fraction of sp³-hybridized carbons (Fsp3) is 0.333. The number of rotatable bonds is 8. The molecule has 144 valence electrons. The molecule has 0 aromatic heterocycles. The van der Waals surface area contributed by atoms with Crippen LogP contribution >= 0.6 is 0 Å². The van der Waals surface area contributed by atoms with Crippen LogP contribution in [0.2, 0.25) is 0 Å². The third-order valence-electron chi connectivity index (χ3n) is 3.44. The van der Waals surface area contributed by atoms with Crippen molar-refractivity contribution in [1.29, 1.82) is 0 Å². The lowest BCUT2D eigenvalue weighted by molar-refractivity contribution is 0.0955. The quantitative estimate of drug-likeness (QED) is 0.563. The monoisotopic (exact) mass is 370 g/mol. The molecule has 0 bridgehead atoms. The van der Waals surface area contributed by atoms with E-state index >= 15 is 0 Å². The van der Waals surface area contributed by atoms with Crippen LogP contribution in [0.25, 0.3) is 0 Å². The molecule has 0 aliphatic heterocycles. The summed E-state index contributed by atoms with van der Waals surface area (Å²) >= 11 is 0. The first-order chi connectivity index (χ1) is 12.9. The topological polar surface area (TPSA) is 69.2 Å². The third kappa shape index (κ3) is 6.33. The van der Waals surface area contributed by atoms with Crippen molar-refractivity contribution >= 4 is 12.1 Å². The van der Waals surface area contributed by atoms with Crippen molar-refractivity contribution in [3.63, 3.8) is 0 Å². The minimum absolute atomic E-state index is 0.000315. The van der Waals surface area contributed by atoms with E-state index in [1.807, 2.05) is 45.9 Å². The van der Waals surface area contributed by atoms with Gasteiger partial charge in [-0.25, -0.2) is 5.43 Å². The zero-order valence-corrected chi connectivity index (χ0v) is 16.4. The molecule has 2 aromatic rings. The summed E-state index contributed by atoms with van der Waals surface area (Å²) in [6.45, 7) is 7.82. The average molecular weight is 370 g/mol. The molecule has 6 heteroatoms. The molecule has 0 unspecified atom stereocenters. The highest BCUT2D eigenvalue weighted by Gasteiger charge is 2.09. The molecule has 0 atom stereocenters. The van der Waals surface area contributed by atoms with Gasteiger partial charge in [-0.2, -0.15) is 5.10 Å². The van der Waals surface area contributed by atoms with Crippen molar-refractivity contribution < 1.29 is 19.0 Å². The lowest BCUT2D eigenvalue weighted by Crippen LogP contribution is -2.17. The van der Waals surface area contributed by atoms with Crippen LogP contribution in [0.1, 0.15) is 43.6 Å². The first-order valence-corrected chi connectivity index (χ1v) is 8.84. The second kappa shape index (κ2) is 9.62. The van der Waals surface area contributed by atoms with Gasteiger partial charge in [0.15, 0.2) is 0 Å². The highest BCUT2D eigenvalue weighted by Crippen LogP contribution is 2.25. The highest BCUT2D eigenvalue weighted by atomic mass is 16.5. The van der Waals surface area contributed by atoms with Crippen molar-refractivity contribution in [3.8, 4) is 17.2 Å². The number of amides is 1. The van der Waals surface area contributed by atoms with Gasteiger partial charge in [-0.05, 0) is 64.1 Å². The van der Waals surface area contributed by atoms with E-state index in [4.69, 9.17) is 14.2 Å². The summed E-state index contributed by atoms with van der Waals surface area (Å²) in [5, 5.41) is 4.04. The first kappa shape index (κ1) is 20.3. The molecule has 0 aliphatic rings. The van der Waals surface area contributed by atoms with Gasteiger partial charge >= 0.3 is 0 Å². The molecule has 6 nitrogen and oxygen atoms in total. The van der Waals surface area contributed by atoms with Crippen molar-refractivity contribution in [2.75, 3.05) is 7.11 Å². The van der Waals surface area contributed by atoms with E-state index in [2.05, 4.69) is 10.5 Å². The second-order valence-electron chi connectivity index (χ2n) is 6.46. The van der Waals surface area contributed by atoms with Crippen LogP contribution in [0.4, 0.5) is 0 Å². The fourth-order valence-electron chi connectivity index (χ4n) is 2.29. The molecule has 0 saturated heterocycles. The summed E-state index contributed by atoms with van der Waals surface area (Å²) < 4.78 is 16.6. The SMILES string of the molecule is COc1ccc(C(=O)N/N=C\c2ccc(OC(C)C)cc2OC(C)C)cc1. The van der Waals surface area contributed by atoms with Crippen LogP contribution in [0.15, 0.2) is 47.6 Å². The number of hydrazone groups is 1. The standard InChI is InChI=1S/C21H26N2O4/c1-14(2)26-19-11-8-17(20(12-19)27-15(3)4)13-22-23-21(24)16-6-9-18(25-5)10-7-16/h6-15H,1-5H3,(H,23,24)/b22-13-. The van der Waals surface area contributed by atoms with Gasteiger partial charge in [0, 0.05) is 17.2 Å². The van der Waals surface area contributed by atoms with E-state index in [1.54, 1.807) is 37.6 Å². The van der Waals surface area contributed by atoms with Gasteiger partial charge in [0.05, 0.1) is 25.5 Å². The Hall–Kier alpha value is -3.02. The van der Waals surface area contributed by atoms with Crippen molar-refractivity contribution in [3.05, 3.63) is 53.6 Å². The summed E-state index contributed by atoms with van der Waals surface area (Å²) in [6, 6.07) is 12.3. The third-order valence-corrected chi connectivity index (χ3v) is 3.44. The molecule has 0 saturated carbocycles. The minimum atomic E-state index is -0.306. The Morgan fingerprint density at radius 2 is 1.59 bits per heavy atom. The summed E-state index contributed by atoms with van der Waals surface area (Å²) in [5.41, 5.74) is 3.75. The van der Waals surface area contributed by atoms with Gasteiger partial charge in [-0.15, -0.1) is 0 Å². The molecule has 2 rings (SSSR count). The smallest absolute Gasteiger partial charge is 0.271 e. The Morgan fingerprint density at radius 3 is 2.19 bits per heavy atom. The number of hydrogen-bond acceptors (Lipinski definition) is 5. The van der Waals surface area contributed by atoms with E-state index < -0.39 is 0 Å². The number of hydrogen-bond donors (Lipinski definition) is 1. The molecule has 0 fully saturated rings. The van der Waals surface area contributed by atoms with Gasteiger partial charge in [-0.1, -0.05) is 0 Å². The van der Waals surface area contributed by atoms with Crippen LogP contribution in [0, 0.1) is 0 Å². The number of carbonyl (C=O) groups is 1. The molecule has 0 heterocycles. The van der Waals surface area contributed by atoms with Crippen molar-refractivity contribution in [2.45, 2.75) is 39.9 Å². The lowest BCUT2D eigenvalue weighted by atomic mass is 10.2. The van der Waals surface area contributed by atoms with Gasteiger partial charge in [0.25, 0.3) is 5.91 Å². The largest absolute Gasteiger partial charge is 0.497 e. The Morgan fingerprint density at radius 1 is 0.963 bits per heavy atom. The highest BCUT2D eigenvalue weighted by molar-refractivity contribution is 5.95. The molecule has 1 amide bonds. The van der Waals surface area contributed by atoms with Gasteiger partial charge in [-0.3, -0.25) is 4.79 Å². The van der Waals surface area contributed by atoms with E-state index in [-0.39, 0.29) is 18.1 Å². The molecule has 1 N–H and O–H groups in total. The minimum Gasteiger partial charge on any atom is -0.497 e. The Kier molecular flexibility index (Phi) is 7.23. The number of carbonyl (C=O) groups excluding carboxylic acids is 1. The summed E-state index contributed by atoms with van der Waals surface area (Å²) in [6.07, 6.45) is 1.62. The van der Waals surface area contributed by atoms with Crippen LogP contribution < -0.4 is 19.6 Å². The summed E-state index contributed by atoms with van der Waals surface area (Å²) in [4.78, 5) is 12.2. The number of nitrogens with one attached hydrogen (secondary N) is 1. The zero-order chi connectivity index (χ0) is 19.8. The van der Waals surface area contributed by atoms with Crippen molar-refractivity contribution in [1.82, 2.24) is 5.43 Å². The molecule has 2 aromatic carbocycles. The van der Waals surface area contributed by atoms with Gasteiger partial charge < -0.3 is 14.2 Å². The van der Waals surface area contributed by atoms with Crippen LogP contribution in [-0.4, -0.2) is 31.4 Å². The molecule has 27 heavy (non-hydrogen) atoms. The number of nitrogens with zero attached hydrogens (tertiary/aromatic N) is 1. The predicted octanol–water partition coefficient (Wildman–Crippen LogP) is 4.03. The molecule has 0 spiro atoms. The maximum Gasteiger partial charge on any atom is 0.271 e. The lowest BCUT2D eigenvalue weighted by Gasteiger charge is -2.15. The summed E-state index contributed by atoms with van der Waals surface area (Å²) in [5.74, 6) is 1.75. The Balaban J connectivity index is 2.10. The fourth-order valence-corrected chi connectivity index (χ4v) is 2.29. The molecular formula is C21H26N2O4. The van der Waals surface area contributed by atoms with Gasteiger partial charge in [0.2, 0.25) is 0 Å². The maximum absolute atomic E-state index is 12.2. The van der Waals surface area contributed by atoms with Crippen LogP contribution in [0.3, 0.4) is 0 Å². The molecular weight excluding hydrogens is 344 g/mol. The number of benzene rings is 2. The first-order valence-electron chi connectivity index (χ1n) is 8.84. The van der Waals surface area contributed by atoms with E-state index in [9.17, 15) is 4.79 Å². The molecule has 0 radical (unpaired) electrons. The second-order valence-corrected chi connectivity index (χ2v) is 6.46. The Labute approximate surface area is 160 Å². The zero-order valence-electron chi connectivity index (χ0n) is 16.4. The van der Waals surface area contributed by atoms with Crippen LogP contribution in [-0.2, 0) is 0 Å². The number of ether oxygens (including phenoxy) is 3. The van der Waals surface area contributed by atoms with E-state index in [1.165, 1.54) is 0 Å². The van der Waals surface area contributed by atoms with E-state index in [0.29, 0.717) is 17.1 Å².